The second kappa shape index (κ2) is 5.80. The first-order valence-electron chi connectivity index (χ1n) is 6.63. The maximum Gasteiger partial charge on any atom is 0.137 e. The van der Waals surface area contributed by atoms with Crippen molar-refractivity contribution < 1.29 is 4.74 Å². The highest BCUT2D eigenvalue weighted by Gasteiger charge is 2.05. The molecule has 19 heavy (non-hydrogen) atoms. The summed E-state index contributed by atoms with van der Waals surface area (Å²) in [5.41, 5.74) is 2.45. The zero-order valence-corrected chi connectivity index (χ0v) is 10.8. The normalized spacial score (nSPS) is 15.3. The number of ether oxygens (including phenoxy) is 1. The molecule has 1 aromatic heterocycles. The van der Waals surface area contributed by atoms with E-state index in [0.717, 1.165) is 49.3 Å². The summed E-state index contributed by atoms with van der Waals surface area (Å²) in [7, 11) is 0. The molecule has 0 amide bonds. The van der Waals surface area contributed by atoms with Crippen molar-refractivity contribution in [3.63, 3.8) is 0 Å². The molecule has 1 N–H and O–H groups in total. The molecule has 1 aromatic carbocycles. The van der Waals surface area contributed by atoms with Gasteiger partial charge < -0.3 is 10.1 Å². The van der Waals surface area contributed by atoms with Crippen molar-refractivity contribution in [3.8, 4) is 0 Å². The number of aromatic nitrogens is 2. The highest BCUT2D eigenvalue weighted by molar-refractivity contribution is 5.88. The van der Waals surface area contributed by atoms with Gasteiger partial charge in [0.05, 0.1) is 18.7 Å². The molecule has 4 nitrogen and oxygen atoms in total. The number of para-hydroxylation sites is 1. The van der Waals surface area contributed by atoms with Crippen molar-refractivity contribution >= 4 is 16.7 Å². The summed E-state index contributed by atoms with van der Waals surface area (Å²) in [5, 5.41) is 4.48. The third kappa shape index (κ3) is 2.90. The van der Waals surface area contributed by atoms with Crippen molar-refractivity contribution in [2.24, 2.45) is 0 Å². The number of hydrogen-bond donors (Lipinski definition) is 1. The number of anilines is 1. The quantitative estimate of drug-likeness (QED) is 0.853. The first-order valence-corrected chi connectivity index (χ1v) is 6.63. The van der Waals surface area contributed by atoms with Crippen LogP contribution in [0.3, 0.4) is 0 Å². The van der Waals surface area contributed by atoms with Crippen LogP contribution in [0.1, 0.15) is 12.8 Å². The highest BCUT2D eigenvalue weighted by Crippen LogP contribution is 2.19. The Bertz CT molecular complexity index is 589. The van der Waals surface area contributed by atoms with Crippen LogP contribution in [-0.2, 0) is 4.74 Å². The van der Waals surface area contributed by atoms with Crippen molar-refractivity contribution in [1.82, 2.24) is 9.97 Å². The highest BCUT2D eigenvalue weighted by atomic mass is 16.5. The van der Waals surface area contributed by atoms with E-state index in [9.17, 15) is 0 Å². The van der Waals surface area contributed by atoms with Gasteiger partial charge in [-0.1, -0.05) is 23.8 Å². The molecule has 2 aromatic rings. The standard InChI is InChI=1S/C15H17N3O/c1-2-4-14-13(3-1)15(18-11-17-14)16-8-5-12-6-9-19-10-7-12/h1-4,6,11H,5,7-10H2,(H,16,17,18). The van der Waals surface area contributed by atoms with Gasteiger partial charge in [0.2, 0.25) is 0 Å². The second-order valence-corrected chi connectivity index (χ2v) is 4.60. The smallest absolute Gasteiger partial charge is 0.137 e. The Labute approximate surface area is 112 Å². The van der Waals surface area contributed by atoms with Gasteiger partial charge in [-0.05, 0) is 25.0 Å². The first kappa shape index (κ1) is 12.1. The molecule has 98 valence electrons. The maximum absolute atomic E-state index is 5.30. The number of rotatable bonds is 4. The van der Waals surface area contributed by atoms with Crippen LogP contribution in [0.2, 0.25) is 0 Å². The van der Waals surface area contributed by atoms with Gasteiger partial charge in [0, 0.05) is 11.9 Å². The monoisotopic (exact) mass is 255 g/mol. The molecule has 0 bridgehead atoms. The molecule has 0 atom stereocenters. The third-order valence-corrected chi connectivity index (χ3v) is 3.34. The Hall–Kier alpha value is -1.94. The van der Waals surface area contributed by atoms with Crippen LogP contribution < -0.4 is 5.32 Å². The van der Waals surface area contributed by atoms with Crippen molar-refractivity contribution in [1.29, 1.82) is 0 Å². The predicted octanol–water partition coefficient (Wildman–Crippen LogP) is 2.78. The molecule has 3 rings (SSSR count). The first-order chi connectivity index (χ1) is 9.43. The van der Waals surface area contributed by atoms with Crippen molar-refractivity contribution in [3.05, 3.63) is 42.2 Å². The Morgan fingerprint density at radius 1 is 1.21 bits per heavy atom. The minimum Gasteiger partial charge on any atom is -0.377 e. The fourth-order valence-electron chi connectivity index (χ4n) is 2.28. The van der Waals surface area contributed by atoms with E-state index in [-0.39, 0.29) is 0 Å². The molecule has 1 aliphatic rings. The molecule has 0 unspecified atom stereocenters. The SMILES string of the molecule is C1=C(CCNc2ncnc3ccccc23)CCOC1. The molecule has 2 heterocycles. The van der Waals surface area contributed by atoms with Gasteiger partial charge in [-0.3, -0.25) is 0 Å². The Kier molecular flexibility index (Phi) is 3.70. The molecule has 0 saturated heterocycles. The van der Waals surface area contributed by atoms with E-state index in [1.54, 1.807) is 6.33 Å². The topological polar surface area (TPSA) is 47.0 Å². The minimum absolute atomic E-state index is 0.756. The largest absolute Gasteiger partial charge is 0.377 e. The van der Waals surface area contributed by atoms with Crippen LogP contribution in [0.25, 0.3) is 10.9 Å². The Morgan fingerprint density at radius 2 is 2.16 bits per heavy atom. The van der Waals surface area contributed by atoms with E-state index in [2.05, 4.69) is 21.4 Å². The predicted molar refractivity (Wildman–Crippen MR) is 76.2 cm³/mol. The van der Waals surface area contributed by atoms with Crippen LogP contribution in [0.4, 0.5) is 5.82 Å². The van der Waals surface area contributed by atoms with Crippen molar-refractivity contribution in [2.75, 3.05) is 25.1 Å². The van der Waals surface area contributed by atoms with E-state index in [1.807, 2.05) is 24.3 Å². The molecular formula is C15H17N3O. The molecule has 0 saturated carbocycles. The van der Waals surface area contributed by atoms with Gasteiger partial charge in [-0.2, -0.15) is 0 Å². The third-order valence-electron chi connectivity index (χ3n) is 3.34. The van der Waals surface area contributed by atoms with E-state index >= 15 is 0 Å². The van der Waals surface area contributed by atoms with E-state index in [0.29, 0.717) is 0 Å². The lowest BCUT2D eigenvalue weighted by Gasteiger charge is -2.14. The summed E-state index contributed by atoms with van der Waals surface area (Å²) in [5.74, 6) is 0.915. The van der Waals surface area contributed by atoms with Gasteiger partial charge >= 0.3 is 0 Å². The molecular weight excluding hydrogens is 238 g/mol. The van der Waals surface area contributed by atoms with E-state index < -0.39 is 0 Å². The van der Waals surface area contributed by atoms with Gasteiger partial charge in [0.15, 0.2) is 0 Å². The van der Waals surface area contributed by atoms with Crippen LogP contribution in [0.5, 0.6) is 0 Å². The summed E-state index contributed by atoms with van der Waals surface area (Å²) >= 11 is 0. The van der Waals surface area contributed by atoms with E-state index in [1.165, 1.54) is 5.57 Å². The summed E-state index contributed by atoms with van der Waals surface area (Å²) < 4.78 is 5.30. The lowest BCUT2D eigenvalue weighted by atomic mass is 10.1. The zero-order valence-electron chi connectivity index (χ0n) is 10.8. The molecule has 0 spiro atoms. The summed E-state index contributed by atoms with van der Waals surface area (Å²) in [6.07, 6.45) is 5.88. The minimum atomic E-state index is 0.756. The van der Waals surface area contributed by atoms with Crippen LogP contribution in [0.15, 0.2) is 42.2 Å². The van der Waals surface area contributed by atoms with Crippen LogP contribution in [-0.4, -0.2) is 29.7 Å². The second-order valence-electron chi connectivity index (χ2n) is 4.60. The molecule has 0 aliphatic carbocycles. The molecule has 0 radical (unpaired) electrons. The average Bonchev–Trinajstić information content (AvgIpc) is 2.49. The number of nitrogens with zero attached hydrogens (tertiary/aromatic N) is 2. The fraction of sp³-hybridized carbons (Fsp3) is 0.333. The summed E-state index contributed by atoms with van der Waals surface area (Å²) in [6, 6.07) is 8.05. The number of nitrogens with one attached hydrogen (secondary N) is 1. The molecule has 4 heteroatoms. The number of benzene rings is 1. The number of hydrogen-bond acceptors (Lipinski definition) is 4. The number of fused-ring (bicyclic) bond motifs is 1. The van der Waals surface area contributed by atoms with Crippen molar-refractivity contribution in [2.45, 2.75) is 12.8 Å². The Morgan fingerprint density at radius 3 is 3.05 bits per heavy atom. The maximum atomic E-state index is 5.30. The lowest BCUT2D eigenvalue weighted by Crippen LogP contribution is -2.09. The lowest BCUT2D eigenvalue weighted by molar-refractivity contribution is 0.153. The van der Waals surface area contributed by atoms with Gasteiger partial charge in [0.25, 0.3) is 0 Å². The van der Waals surface area contributed by atoms with Gasteiger partial charge in [-0.15, -0.1) is 0 Å². The summed E-state index contributed by atoms with van der Waals surface area (Å²) in [6.45, 7) is 2.50. The van der Waals surface area contributed by atoms with Gasteiger partial charge in [0.1, 0.15) is 12.1 Å². The average molecular weight is 255 g/mol. The Balaban J connectivity index is 1.66. The molecule has 1 aliphatic heterocycles. The van der Waals surface area contributed by atoms with Gasteiger partial charge in [-0.25, -0.2) is 9.97 Å². The zero-order chi connectivity index (χ0) is 12.9. The fourth-order valence-corrected chi connectivity index (χ4v) is 2.28. The molecule has 0 fully saturated rings. The van der Waals surface area contributed by atoms with Crippen LogP contribution >= 0.6 is 0 Å². The van der Waals surface area contributed by atoms with E-state index in [4.69, 9.17) is 4.74 Å². The van der Waals surface area contributed by atoms with Crippen LogP contribution in [0, 0.1) is 0 Å². The summed E-state index contributed by atoms with van der Waals surface area (Å²) in [4.78, 5) is 8.58.